The molecule has 0 unspecified atom stereocenters. The highest BCUT2D eigenvalue weighted by atomic mass is 16.2. The van der Waals surface area contributed by atoms with Gasteiger partial charge in [0, 0.05) is 45.1 Å². The SMILES string of the molecule is Cc1nn(C)cc1CN(C)C(=O)c1cc(C)n(C)n1. The van der Waals surface area contributed by atoms with Crippen molar-refractivity contribution in [3.63, 3.8) is 0 Å². The van der Waals surface area contributed by atoms with Crippen LogP contribution >= 0.6 is 0 Å². The Morgan fingerprint density at radius 3 is 2.47 bits per heavy atom. The van der Waals surface area contributed by atoms with Crippen LogP contribution in [0.4, 0.5) is 0 Å². The van der Waals surface area contributed by atoms with Crippen LogP contribution in [0.5, 0.6) is 0 Å². The van der Waals surface area contributed by atoms with Gasteiger partial charge in [-0.25, -0.2) is 0 Å². The van der Waals surface area contributed by atoms with E-state index < -0.39 is 0 Å². The minimum atomic E-state index is -0.0769. The monoisotopic (exact) mass is 261 g/mol. The van der Waals surface area contributed by atoms with Crippen molar-refractivity contribution in [2.24, 2.45) is 14.1 Å². The summed E-state index contributed by atoms with van der Waals surface area (Å²) >= 11 is 0. The number of aromatic nitrogens is 4. The molecule has 0 aliphatic heterocycles. The van der Waals surface area contributed by atoms with E-state index in [-0.39, 0.29) is 5.91 Å². The van der Waals surface area contributed by atoms with Crippen LogP contribution in [0.2, 0.25) is 0 Å². The van der Waals surface area contributed by atoms with Crippen molar-refractivity contribution in [2.45, 2.75) is 20.4 Å². The van der Waals surface area contributed by atoms with Gasteiger partial charge in [0.2, 0.25) is 0 Å². The Bertz CT molecular complexity index is 591. The van der Waals surface area contributed by atoms with E-state index in [9.17, 15) is 4.79 Å². The van der Waals surface area contributed by atoms with E-state index in [1.807, 2.05) is 34.1 Å². The van der Waals surface area contributed by atoms with Crippen molar-refractivity contribution in [3.8, 4) is 0 Å². The molecule has 2 rings (SSSR count). The summed E-state index contributed by atoms with van der Waals surface area (Å²) in [5, 5.41) is 8.48. The minimum absolute atomic E-state index is 0.0769. The number of carbonyl (C=O) groups is 1. The normalized spacial score (nSPS) is 10.8. The van der Waals surface area contributed by atoms with Crippen molar-refractivity contribution in [1.82, 2.24) is 24.5 Å². The lowest BCUT2D eigenvalue weighted by Crippen LogP contribution is -2.26. The third-order valence-electron chi connectivity index (χ3n) is 3.20. The Morgan fingerprint density at radius 2 is 2.00 bits per heavy atom. The highest BCUT2D eigenvalue weighted by molar-refractivity contribution is 5.92. The summed E-state index contributed by atoms with van der Waals surface area (Å²) in [6.07, 6.45) is 1.93. The summed E-state index contributed by atoms with van der Waals surface area (Å²) in [4.78, 5) is 13.9. The van der Waals surface area contributed by atoms with Crippen molar-refractivity contribution in [3.05, 3.63) is 34.9 Å². The van der Waals surface area contributed by atoms with E-state index in [0.29, 0.717) is 12.2 Å². The predicted molar refractivity (Wildman–Crippen MR) is 71.7 cm³/mol. The van der Waals surface area contributed by atoms with Crippen LogP contribution < -0.4 is 0 Å². The molecule has 0 N–H and O–H groups in total. The van der Waals surface area contributed by atoms with Crippen LogP contribution in [0.15, 0.2) is 12.3 Å². The third kappa shape index (κ3) is 2.67. The van der Waals surface area contributed by atoms with Crippen molar-refractivity contribution in [2.75, 3.05) is 7.05 Å². The van der Waals surface area contributed by atoms with Gasteiger partial charge in [0.1, 0.15) is 0 Å². The molecule has 2 aromatic heterocycles. The molecule has 1 amide bonds. The maximum atomic E-state index is 12.3. The van der Waals surface area contributed by atoms with Crippen molar-refractivity contribution < 1.29 is 4.79 Å². The molecule has 0 aliphatic rings. The van der Waals surface area contributed by atoms with Crippen LogP contribution in [0.3, 0.4) is 0 Å². The second-order valence-electron chi connectivity index (χ2n) is 4.87. The Hall–Kier alpha value is -2.11. The molecule has 0 saturated heterocycles. The molecule has 2 aromatic rings. The average molecular weight is 261 g/mol. The summed E-state index contributed by atoms with van der Waals surface area (Å²) in [6.45, 7) is 4.40. The molecule has 0 saturated carbocycles. The molecule has 0 spiro atoms. The number of hydrogen-bond donors (Lipinski definition) is 0. The first-order chi connectivity index (χ1) is 8.88. The molecule has 0 atom stereocenters. The van der Waals surface area contributed by atoms with E-state index in [4.69, 9.17) is 0 Å². The fraction of sp³-hybridized carbons (Fsp3) is 0.462. The average Bonchev–Trinajstić information content (AvgIpc) is 2.82. The van der Waals surface area contributed by atoms with Gasteiger partial charge >= 0.3 is 0 Å². The van der Waals surface area contributed by atoms with E-state index in [2.05, 4.69) is 10.2 Å². The van der Waals surface area contributed by atoms with Gasteiger partial charge in [0.05, 0.1) is 5.69 Å². The van der Waals surface area contributed by atoms with Gasteiger partial charge in [0.15, 0.2) is 5.69 Å². The Balaban J connectivity index is 2.13. The smallest absolute Gasteiger partial charge is 0.274 e. The molecule has 0 bridgehead atoms. The standard InChI is InChI=1S/C13H19N5O/c1-9-6-12(15-18(9)5)13(19)16(3)7-11-8-17(4)14-10(11)2/h6,8H,7H2,1-5H3. The summed E-state index contributed by atoms with van der Waals surface area (Å²) < 4.78 is 3.46. The topological polar surface area (TPSA) is 56.0 Å². The van der Waals surface area contributed by atoms with E-state index in [0.717, 1.165) is 17.0 Å². The summed E-state index contributed by atoms with van der Waals surface area (Å²) in [5.74, 6) is -0.0769. The molecular formula is C13H19N5O. The van der Waals surface area contributed by atoms with Gasteiger partial charge in [-0.1, -0.05) is 0 Å². The Morgan fingerprint density at radius 1 is 1.32 bits per heavy atom. The van der Waals surface area contributed by atoms with Gasteiger partial charge in [-0.05, 0) is 19.9 Å². The molecule has 2 heterocycles. The Kier molecular flexibility index (Phi) is 3.42. The second kappa shape index (κ2) is 4.87. The predicted octanol–water partition coefficient (Wildman–Crippen LogP) is 1.04. The van der Waals surface area contributed by atoms with Crippen LogP contribution in [0.1, 0.15) is 27.4 Å². The minimum Gasteiger partial charge on any atom is -0.336 e. The van der Waals surface area contributed by atoms with Crippen molar-refractivity contribution >= 4 is 5.91 Å². The van der Waals surface area contributed by atoms with Gasteiger partial charge in [-0.3, -0.25) is 14.2 Å². The molecule has 0 aromatic carbocycles. The molecule has 6 nitrogen and oxygen atoms in total. The van der Waals surface area contributed by atoms with Crippen LogP contribution in [0.25, 0.3) is 0 Å². The van der Waals surface area contributed by atoms with Gasteiger partial charge < -0.3 is 4.90 Å². The van der Waals surface area contributed by atoms with Crippen LogP contribution in [0, 0.1) is 13.8 Å². The zero-order chi connectivity index (χ0) is 14.2. The molecule has 0 fully saturated rings. The zero-order valence-corrected chi connectivity index (χ0v) is 12.0. The van der Waals surface area contributed by atoms with Crippen LogP contribution in [-0.4, -0.2) is 37.4 Å². The molecule has 102 valence electrons. The molecule has 19 heavy (non-hydrogen) atoms. The van der Waals surface area contributed by atoms with E-state index in [1.54, 1.807) is 27.4 Å². The quantitative estimate of drug-likeness (QED) is 0.829. The molecule has 0 radical (unpaired) electrons. The first-order valence-corrected chi connectivity index (χ1v) is 6.13. The van der Waals surface area contributed by atoms with E-state index in [1.165, 1.54) is 0 Å². The number of rotatable bonds is 3. The number of amides is 1. The lowest BCUT2D eigenvalue weighted by atomic mass is 10.2. The Labute approximate surface area is 112 Å². The number of carbonyl (C=O) groups excluding carboxylic acids is 1. The lowest BCUT2D eigenvalue weighted by molar-refractivity contribution is 0.0778. The molecular weight excluding hydrogens is 242 g/mol. The second-order valence-corrected chi connectivity index (χ2v) is 4.87. The zero-order valence-electron chi connectivity index (χ0n) is 12.0. The highest BCUT2D eigenvalue weighted by Crippen LogP contribution is 2.11. The highest BCUT2D eigenvalue weighted by Gasteiger charge is 2.17. The first kappa shape index (κ1) is 13.3. The molecule has 6 heteroatoms. The lowest BCUT2D eigenvalue weighted by Gasteiger charge is -2.15. The first-order valence-electron chi connectivity index (χ1n) is 6.13. The summed E-state index contributed by atoms with van der Waals surface area (Å²) in [6, 6.07) is 1.80. The van der Waals surface area contributed by atoms with Gasteiger partial charge in [0.25, 0.3) is 5.91 Å². The van der Waals surface area contributed by atoms with Gasteiger partial charge in [-0.2, -0.15) is 10.2 Å². The fourth-order valence-electron chi connectivity index (χ4n) is 1.99. The van der Waals surface area contributed by atoms with Crippen LogP contribution in [-0.2, 0) is 20.6 Å². The largest absolute Gasteiger partial charge is 0.336 e. The van der Waals surface area contributed by atoms with E-state index >= 15 is 0 Å². The number of hydrogen-bond acceptors (Lipinski definition) is 3. The third-order valence-corrected chi connectivity index (χ3v) is 3.20. The maximum Gasteiger partial charge on any atom is 0.274 e. The molecule has 0 aliphatic carbocycles. The maximum absolute atomic E-state index is 12.3. The van der Waals surface area contributed by atoms with Crippen molar-refractivity contribution in [1.29, 1.82) is 0 Å². The van der Waals surface area contributed by atoms with Gasteiger partial charge in [-0.15, -0.1) is 0 Å². The fourth-order valence-corrected chi connectivity index (χ4v) is 1.99. The number of aryl methyl sites for hydroxylation is 4. The summed E-state index contributed by atoms with van der Waals surface area (Å²) in [7, 11) is 5.48. The summed E-state index contributed by atoms with van der Waals surface area (Å²) in [5.41, 5.74) is 3.43. The number of nitrogens with zero attached hydrogens (tertiary/aromatic N) is 5.